The maximum atomic E-state index is 13.6. The van der Waals surface area contributed by atoms with Crippen LogP contribution >= 0.6 is 11.6 Å². The van der Waals surface area contributed by atoms with Gasteiger partial charge < -0.3 is 0 Å². The molecule has 0 aromatic heterocycles. The Bertz CT molecular complexity index is 619. The molecule has 2 rings (SSSR count). The van der Waals surface area contributed by atoms with Gasteiger partial charge in [-0.25, -0.2) is 8.78 Å². The van der Waals surface area contributed by atoms with Gasteiger partial charge in [0.25, 0.3) is 0 Å². The summed E-state index contributed by atoms with van der Waals surface area (Å²) in [7, 11) is 0. The fourth-order valence-electron chi connectivity index (χ4n) is 1.56. The van der Waals surface area contributed by atoms with E-state index in [-0.39, 0.29) is 16.1 Å². The Kier molecular flexibility index (Phi) is 3.49. The highest BCUT2D eigenvalue weighted by atomic mass is 35.5. The van der Waals surface area contributed by atoms with Gasteiger partial charge in [-0.05, 0) is 29.8 Å². The first kappa shape index (κ1) is 13.8. The minimum absolute atomic E-state index is 0.0644. The molecule has 19 heavy (non-hydrogen) atoms. The molecule has 0 amide bonds. The average molecular weight is 292 g/mol. The molecule has 6 heteroatoms. The van der Waals surface area contributed by atoms with Gasteiger partial charge in [-0.2, -0.15) is 13.2 Å². The van der Waals surface area contributed by atoms with Crippen LogP contribution in [0.15, 0.2) is 30.3 Å². The summed E-state index contributed by atoms with van der Waals surface area (Å²) in [6.45, 7) is 0. The molecule has 0 nitrogen and oxygen atoms in total. The molecule has 1 radical (unpaired) electrons. The summed E-state index contributed by atoms with van der Waals surface area (Å²) in [5, 5.41) is -0.214. The van der Waals surface area contributed by atoms with Gasteiger partial charge in [-0.3, -0.25) is 0 Å². The molecule has 0 aliphatic carbocycles. The van der Waals surface area contributed by atoms with E-state index in [9.17, 15) is 22.0 Å². The van der Waals surface area contributed by atoms with E-state index < -0.39 is 23.4 Å². The number of hydrogen-bond acceptors (Lipinski definition) is 0. The molecule has 0 heterocycles. The topological polar surface area (TPSA) is 0 Å². The van der Waals surface area contributed by atoms with Crippen molar-refractivity contribution >= 4 is 11.6 Å². The van der Waals surface area contributed by atoms with E-state index >= 15 is 0 Å². The van der Waals surface area contributed by atoms with Gasteiger partial charge in [-0.1, -0.05) is 23.7 Å². The highest BCUT2D eigenvalue weighted by molar-refractivity contribution is 6.31. The van der Waals surface area contributed by atoms with Crippen LogP contribution in [0.5, 0.6) is 0 Å². The third-order valence-electron chi connectivity index (χ3n) is 2.45. The Balaban J connectivity index is 2.54. The molecular formula is C13H5ClF5. The van der Waals surface area contributed by atoms with Crippen LogP contribution in [0, 0.1) is 17.7 Å². The smallest absolute Gasteiger partial charge is 0.206 e. The van der Waals surface area contributed by atoms with Crippen LogP contribution in [0.25, 0.3) is 11.1 Å². The van der Waals surface area contributed by atoms with Crippen LogP contribution in [0.1, 0.15) is 5.56 Å². The quantitative estimate of drug-likeness (QED) is 0.641. The molecule has 2 aromatic rings. The maximum absolute atomic E-state index is 13.6. The molecule has 0 N–H and O–H groups in total. The Hall–Kier alpha value is -1.62. The fraction of sp³-hybridized carbons (Fsp3) is 0.0769. The van der Waals surface area contributed by atoms with Crippen LogP contribution < -0.4 is 0 Å². The van der Waals surface area contributed by atoms with Gasteiger partial charge in [0.05, 0.1) is 10.6 Å². The lowest BCUT2D eigenvalue weighted by Crippen LogP contribution is -2.07. The normalized spacial score (nSPS) is 11.7. The molecule has 99 valence electrons. The maximum Gasteiger partial charge on any atom is 0.419 e. The van der Waals surface area contributed by atoms with Crippen LogP contribution in [0.2, 0.25) is 5.02 Å². The summed E-state index contributed by atoms with van der Waals surface area (Å²) in [6.07, 6.45) is -4.79. The Labute approximate surface area is 110 Å². The second-order valence-electron chi connectivity index (χ2n) is 3.71. The standard InChI is InChI=1S/C13H5ClF5/c14-10-3-1-2-8(12(10)16)7-4-5-9(11(15)6-7)13(17,18)19/h1,3-6H. The average Bonchev–Trinajstić information content (AvgIpc) is 2.31. The minimum atomic E-state index is -4.79. The lowest BCUT2D eigenvalue weighted by atomic mass is 10.0. The zero-order chi connectivity index (χ0) is 14.2. The van der Waals surface area contributed by atoms with Gasteiger partial charge in [0.1, 0.15) is 11.6 Å². The lowest BCUT2D eigenvalue weighted by Gasteiger charge is -2.10. The number of alkyl halides is 3. The van der Waals surface area contributed by atoms with Gasteiger partial charge in [-0.15, -0.1) is 0 Å². The Morgan fingerprint density at radius 3 is 2.32 bits per heavy atom. The van der Waals surface area contributed by atoms with Gasteiger partial charge in [0, 0.05) is 5.56 Å². The van der Waals surface area contributed by atoms with E-state index in [4.69, 9.17) is 11.6 Å². The second-order valence-corrected chi connectivity index (χ2v) is 4.11. The lowest BCUT2D eigenvalue weighted by molar-refractivity contribution is -0.139. The van der Waals surface area contributed by atoms with Gasteiger partial charge in [0.15, 0.2) is 0 Å². The van der Waals surface area contributed by atoms with Crippen LogP contribution in [0.3, 0.4) is 0 Å². The zero-order valence-corrected chi connectivity index (χ0v) is 9.91. The van der Waals surface area contributed by atoms with Crippen molar-refractivity contribution in [2.75, 3.05) is 0 Å². The van der Waals surface area contributed by atoms with Crippen molar-refractivity contribution in [3.8, 4) is 11.1 Å². The number of halogens is 6. The summed E-state index contributed by atoms with van der Waals surface area (Å²) >= 11 is 5.54. The van der Waals surface area contributed by atoms with Crippen molar-refractivity contribution in [2.24, 2.45) is 0 Å². The molecular weight excluding hydrogens is 287 g/mol. The van der Waals surface area contributed by atoms with Crippen molar-refractivity contribution in [1.82, 2.24) is 0 Å². The van der Waals surface area contributed by atoms with Crippen molar-refractivity contribution in [3.05, 3.63) is 58.6 Å². The molecule has 0 saturated carbocycles. The molecule has 2 aromatic carbocycles. The summed E-state index contributed by atoms with van der Waals surface area (Å²) in [6, 6.07) is 7.14. The minimum Gasteiger partial charge on any atom is -0.206 e. The molecule has 0 bridgehead atoms. The van der Waals surface area contributed by atoms with E-state index in [1.165, 1.54) is 12.1 Å². The number of benzene rings is 2. The zero-order valence-electron chi connectivity index (χ0n) is 9.15. The first-order chi connectivity index (χ1) is 8.80. The SMILES string of the molecule is Fc1cc(-c2[c]ccc(Cl)c2F)ccc1C(F)(F)F. The third kappa shape index (κ3) is 2.71. The Morgan fingerprint density at radius 1 is 1.05 bits per heavy atom. The van der Waals surface area contributed by atoms with Crippen LogP contribution in [-0.2, 0) is 6.18 Å². The summed E-state index contributed by atoms with van der Waals surface area (Å²) < 4.78 is 64.2. The number of rotatable bonds is 1. The molecule has 0 spiro atoms. The van der Waals surface area contributed by atoms with E-state index in [1.54, 1.807) is 0 Å². The first-order valence-electron chi connectivity index (χ1n) is 5.03. The molecule has 0 fully saturated rings. The van der Waals surface area contributed by atoms with E-state index in [1.807, 2.05) is 0 Å². The molecule has 0 unspecified atom stereocenters. The van der Waals surface area contributed by atoms with E-state index in [0.717, 1.165) is 6.07 Å². The predicted octanol–water partition coefficient (Wildman–Crippen LogP) is 5.10. The van der Waals surface area contributed by atoms with E-state index in [0.29, 0.717) is 12.1 Å². The molecule has 0 atom stereocenters. The second kappa shape index (κ2) is 4.81. The van der Waals surface area contributed by atoms with Crippen LogP contribution in [0.4, 0.5) is 22.0 Å². The van der Waals surface area contributed by atoms with Crippen molar-refractivity contribution in [3.63, 3.8) is 0 Å². The first-order valence-corrected chi connectivity index (χ1v) is 5.41. The summed E-state index contributed by atoms with van der Waals surface area (Å²) in [5.41, 5.74) is -1.65. The Morgan fingerprint density at radius 2 is 1.74 bits per heavy atom. The third-order valence-corrected chi connectivity index (χ3v) is 2.74. The summed E-state index contributed by atoms with van der Waals surface area (Å²) in [4.78, 5) is 0. The van der Waals surface area contributed by atoms with Crippen molar-refractivity contribution < 1.29 is 22.0 Å². The molecule has 0 saturated heterocycles. The van der Waals surface area contributed by atoms with Crippen molar-refractivity contribution in [1.29, 1.82) is 0 Å². The largest absolute Gasteiger partial charge is 0.419 e. The number of hydrogen-bond donors (Lipinski definition) is 0. The predicted molar refractivity (Wildman–Crippen MR) is 60.6 cm³/mol. The monoisotopic (exact) mass is 291 g/mol. The highest BCUT2D eigenvalue weighted by Crippen LogP contribution is 2.34. The molecule has 0 aliphatic rings. The van der Waals surface area contributed by atoms with Gasteiger partial charge >= 0.3 is 6.18 Å². The van der Waals surface area contributed by atoms with Crippen molar-refractivity contribution in [2.45, 2.75) is 6.18 Å². The van der Waals surface area contributed by atoms with E-state index in [2.05, 4.69) is 6.07 Å². The fourth-order valence-corrected chi connectivity index (χ4v) is 1.72. The molecule has 0 aliphatic heterocycles. The van der Waals surface area contributed by atoms with Gasteiger partial charge in [0.2, 0.25) is 0 Å². The highest BCUT2D eigenvalue weighted by Gasteiger charge is 2.34. The summed E-state index contributed by atoms with van der Waals surface area (Å²) in [5.74, 6) is -2.33. The van der Waals surface area contributed by atoms with Crippen LogP contribution in [-0.4, -0.2) is 0 Å².